The van der Waals surface area contributed by atoms with Crippen molar-refractivity contribution in [3.8, 4) is 17.7 Å². The Hall–Kier alpha value is -3.74. The predicted octanol–water partition coefficient (Wildman–Crippen LogP) is 5.33. The molecule has 4 aromatic heterocycles. The van der Waals surface area contributed by atoms with E-state index in [9.17, 15) is 5.26 Å². The van der Waals surface area contributed by atoms with Gasteiger partial charge in [0.15, 0.2) is 10.8 Å². The van der Waals surface area contributed by atoms with Gasteiger partial charge in [0.25, 0.3) is 0 Å². The largest absolute Gasteiger partial charge is 0.438 e. The second-order valence-electron chi connectivity index (χ2n) is 6.72. The van der Waals surface area contributed by atoms with E-state index in [0.29, 0.717) is 56.0 Å². The van der Waals surface area contributed by atoms with Crippen molar-refractivity contribution in [2.75, 3.05) is 0 Å². The summed E-state index contributed by atoms with van der Waals surface area (Å²) in [5.74, 6) is 0.792. The third-order valence-electron chi connectivity index (χ3n) is 4.65. The van der Waals surface area contributed by atoms with E-state index in [2.05, 4.69) is 36.0 Å². The van der Waals surface area contributed by atoms with Crippen molar-refractivity contribution in [2.24, 2.45) is 0 Å². The first-order chi connectivity index (χ1) is 15.6. The van der Waals surface area contributed by atoms with E-state index in [1.54, 1.807) is 42.9 Å². The minimum Gasteiger partial charge on any atom is -0.438 e. The van der Waals surface area contributed by atoms with E-state index >= 15 is 0 Å². The zero-order chi connectivity index (χ0) is 22.1. The van der Waals surface area contributed by atoms with Crippen LogP contribution in [0.4, 0.5) is 0 Å². The maximum atomic E-state index is 9.19. The van der Waals surface area contributed by atoms with E-state index in [-0.39, 0.29) is 0 Å². The molecule has 0 radical (unpaired) electrons. The van der Waals surface area contributed by atoms with Crippen LogP contribution in [0.1, 0.15) is 18.2 Å². The molecule has 0 spiro atoms. The molecule has 10 heteroatoms. The molecule has 8 nitrogen and oxygen atoms in total. The van der Waals surface area contributed by atoms with Crippen LogP contribution in [-0.4, -0.2) is 29.9 Å². The molecule has 32 heavy (non-hydrogen) atoms. The van der Waals surface area contributed by atoms with Crippen LogP contribution in [0.25, 0.3) is 22.2 Å². The van der Waals surface area contributed by atoms with Crippen LogP contribution in [0.15, 0.2) is 59.0 Å². The van der Waals surface area contributed by atoms with Crippen LogP contribution in [0.2, 0.25) is 5.02 Å². The van der Waals surface area contributed by atoms with Gasteiger partial charge < -0.3 is 9.72 Å². The van der Waals surface area contributed by atoms with Crippen molar-refractivity contribution < 1.29 is 4.74 Å². The van der Waals surface area contributed by atoms with Crippen molar-refractivity contribution >= 4 is 45.6 Å². The molecule has 0 aliphatic carbocycles. The smallest absolute Gasteiger partial charge is 0.234 e. The number of nitriles is 1. The Morgan fingerprint density at radius 2 is 2.03 bits per heavy atom. The average molecular weight is 460 g/mol. The molecule has 0 bridgehead atoms. The molecule has 0 amide bonds. The second kappa shape index (κ2) is 8.42. The summed E-state index contributed by atoms with van der Waals surface area (Å²) in [5.41, 5.74) is 3.15. The first-order valence-electron chi connectivity index (χ1n) is 9.65. The lowest BCUT2D eigenvalue weighted by atomic mass is 10.2. The van der Waals surface area contributed by atoms with Crippen molar-refractivity contribution in [3.63, 3.8) is 0 Å². The summed E-state index contributed by atoms with van der Waals surface area (Å²) in [6.07, 6.45) is 5.62. The summed E-state index contributed by atoms with van der Waals surface area (Å²) in [4.78, 5) is 26.1. The van der Waals surface area contributed by atoms with Gasteiger partial charge in [0.2, 0.25) is 5.88 Å². The van der Waals surface area contributed by atoms with Gasteiger partial charge in [0.05, 0.1) is 16.7 Å². The van der Waals surface area contributed by atoms with Gasteiger partial charge in [-0.05, 0) is 42.4 Å². The molecular weight excluding hydrogens is 446 g/mol. The Kier molecular flexibility index (Phi) is 5.31. The number of aromatic amines is 1. The summed E-state index contributed by atoms with van der Waals surface area (Å²) in [6.45, 7) is 2.00. The molecule has 5 aromatic rings. The fourth-order valence-electron chi connectivity index (χ4n) is 3.16. The number of nitrogens with one attached hydrogen (secondary N) is 1. The highest BCUT2D eigenvalue weighted by molar-refractivity contribution is 7.99. The molecule has 1 aromatic carbocycles. The molecule has 0 aliphatic heterocycles. The monoisotopic (exact) mass is 459 g/mol. The molecule has 0 fully saturated rings. The molecular formula is C22H14ClN7OS. The van der Waals surface area contributed by atoms with Gasteiger partial charge in [-0.1, -0.05) is 24.6 Å². The van der Waals surface area contributed by atoms with Crippen LogP contribution in [0.5, 0.6) is 11.6 Å². The number of aromatic nitrogens is 6. The summed E-state index contributed by atoms with van der Waals surface area (Å²) in [7, 11) is 0. The highest BCUT2D eigenvalue weighted by Crippen LogP contribution is 2.38. The number of hydrogen-bond acceptors (Lipinski definition) is 8. The normalized spacial score (nSPS) is 11.0. The van der Waals surface area contributed by atoms with Gasteiger partial charge in [-0.25, -0.2) is 15.0 Å². The maximum Gasteiger partial charge on any atom is 0.234 e. The van der Waals surface area contributed by atoms with Gasteiger partial charge in [-0.15, -0.1) is 0 Å². The Morgan fingerprint density at radius 3 is 2.88 bits per heavy atom. The quantitative estimate of drug-likeness (QED) is 0.351. The zero-order valence-corrected chi connectivity index (χ0v) is 18.3. The lowest BCUT2D eigenvalue weighted by Crippen LogP contribution is -1.95. The van der Waals surface area contributed by atoms with Gasteiger partial charge in [-0.3, -0.25) is 4.98 Å². The van der Waals surface area contributed by atoms with E-state index in [4.69, 9.17) is 16.3 Å². The number of hydrogen-bond donors (Lipinski definition) is 1. The van der Waals surface area contributed by atoms with Crippen LogP contribution in [0, 0.1) is 11.3 Å². The van der Waals surface area contributed by atoms with E-state index in [1.165, 1.54) is 11.8 Å². The molecule has 1 N–H and O–H groups in total. The lowest BCUT2D eigenvalue weighted by Gasteiger charge is -2.08. The van der Waals surface area contributed by atoms with E-state index in [1.807, 2.05) is 13.0 Å². The third kappa shape index (κ3) is 3.82. The molecule has 0 aliphatic rings. The Labute approximate surface area is 191 Å². The Morgan fingerprint density at radius 1 is 1.16 bits per heavy atom. The van der Waals surface area contributed by atoms with Gasteiger partial charge in [-0.2, -0.15) is 10.2 Å². The number of nitrogens with zero attached hydrogens (tertiary/aromatic N) is 6. The SMILES string of the molecule is CCc1[nH]c2nc(Sc3cnc4nccnc4c3)nc(Oc3cccc(C#N)c3)c2c1Cl. The summed E-state index contributed by atoms with van der Waals surface area (Å²) < 4.78 is 6.06. The highest BCUT2D eigenvalue weighted by atomic mass is 35.5. The Balaban J connectivity index is 1.59. The molecule has 4 heterocycles. The number of ether oxygens (including phenoxy) is 1. The fourth-order valence-corrected chi connectivity index (χ4v) is 4.27. The number of H-pyrrole nitrogens is 1. The van der Waals surface area contributed by atoms with Crippen molar-refractivity contribution in [1.29, 1.82) is 5.26 Å². The van der Waals surface area contributed by atoms with Crippen molar-refractivity contribution in [2.45, 2.75) is 23.4 Å². The number of benzene rings is 1. The number of pyridine rings is 1. The topological polar surface area (TPSA) is 113 Å². The van der Waals surface area contributed by atoms with Gasteiger partial charge in [0, 0.05) is 29.2 Å². The molecule has 0 unspecified atom stereocenters. The van der Waals surface area contributed by atoms with E-state index in [0.717, 1.165) is 10.6 Å². The first-order valence-corrected chi connectivity index (χ1v) is 10.8. The molecule has 156 valence electrons. The fraction of sp³-hybridized carbons (Fsp3) is 0.0909. The highest BCUT2D eigenvalue weighted by Gasteiger charge is 2.19. The minimum absolute atomic E-state index is 0.307. The lowest BCUT2D eigenvalue weighted by molar-refractivity contribution is 0.462. The van der Waals surface area contributed by atoms with Gasteiger partial charge >= 0.3 is 0 Å². The molecule has 0 saturated heterocycles. The average Bonchev–Trinajstić information content (AvgIpc) is 3.14. The molecule has 5 rings (SSSR count). The van der Waals surface area contributed by atoms with E-state index < -0.39 is 0 Å². The third-order valence-corrected chi connectivity index (χ3v) is 5.89. The molecule has 0 saturated carbocycles. The van der Waals surface area contributed by atoms with Crippen LogP contribution in [0.3, 0.4) is 0 Å². The van der Waals surface area contributed by atoms with Crippen LogP contribution in [-0.2, 0) is 6.42 Å². The Bertz CT molecular complexity index is 1510. The summed E-state index contributed by atoms with van der Waals surface area (Å²) in [6, 6.07) is 10.8. The summed E-state index contributed by atoms with van der Waals surface area (Å²) in [5, 5.41) is 10.8. The zero-order valence-electron chi connectivity index (χ0n) is 16.7. The van der Waals surface area contributed by atoms with Crippen LogP contribution < -0.4 is 4.74 Å². The minimum atomic E-state index is 0.307. The first kappa shape index (κ1) is 20.2. The number of rotatable bonds is 5. The van der Waals surface area contributed by atoms with Crippen molar-refractivity contribution in [1.82, 2.24) is 29.9 Å². The summed E-state index contributed by atoms with van der Waals surface area (Å²) >= 11 is 7.91. The van der Waals surface area contributed by atoms with Crippen LogP contribution >= 0.6 is 23.4 Å². The number of aryl methyl sites for hydroxylation is 1. The number of fused-ring (bicyclic) bond motifs is 2. The predicted molar refractivity (Wildman–Crippen MR) is 121 cm³/mol. The van der Waals surface area contributed by atoms with Gasteiger partial charge in [0.1, 0.15) is 22.3 Å². The standard InChI is InChI=1S/C22H14ClN7OS/c1-2-15-18(23)17-20(28-15)29-22(30-21(17)31-13-5-3-4-12(8-13)10-24)32-14-9-16-19(27-11-14)26-7-6-25-16/h3-9,11H,2H2,1H3,(H,28,29,30). The number of halogens is 1. The van der Waals surface area contributed by atoms with Crippen molar-refractivity contribution in [3.05, 3.63) is 65.2 Å². The second-order valence-corrected chi connectivity index (χ2v) is 8.14. The molecule has 0 atom stereocenters. The maximum absolute atomic E-state index is 9.19.